The molecule has 1 amide bonds. The first-order valence-electron chi connectivity index (χ1n) is 9.82. The Morgan fingerprint density at radius 1 is 0.969 bits per heavy atom. The molecule has 7 heteroatoms. The number of fused-ring (bicyclic) bond motifs is 2. The van der Waals surface area contributed by atoms with Crippen molar-refractivity contribution in [3.05, 3.63) is 111 Å². The highest BCUT2D eigenvalue weighted by molar-refractivity contribution is 6.10. The molecule has 0 aliphatic carbocycles. The van der Waals surface area contributed by atoms with E-state index >= 15 is 0 Å². The summed E-state index contributed by atoms with van der Waals surface area (Å²) in [5.41, 5.74) is 1.53. The number of anilines is 1. The minimum atomic E-state index is -0.810. The maximum absolute atomic E-state index is 13.5. The summed E-state index contributed by atoms with van der Waals surface area (Å²) in [5.74, 6) is -1.51. The first-order valence-corrected chi connectivity index (χ1v) is 9.82. The van der Waals surface area contributed by atoms with Gasteiger partial charge in [0.15, 0.2) is 5.43 Å². The van der Waals surface area contributed by atoms with Crippen molar-refractivity contribution >= 4 is 28.5 Å². The minimum absolute atomic E-state index is 0.0555. The average molecular weight is 429 g/mol. The molecule has 2 heterocycles. The summed E-state index contributed by atoms with van der Waals surface area (Å²) in [6.45, 7) is 0. The monoisotopic (exact) mass is 429 g/mol. The molecule has 158 valence electrons. The van der Waals surface area contributed by atoms with Crippen LogP contribution in [-0.4, -0.2) is 19.0 Å². The number of para-hydroxylation sites is 1. The zero-order valence-electron chi connectivity index (χ0n) is 16.9. The first-order chi connectivity index (χ1) is 15.5. The molecule has 1 atom stereocenters. The third-order valence-corrected chi connectivity index (χ3v) is 5.53. The van der Waals surface area contributed by atoms with Crippen molar-refractivity contribution in [2.45, 2.75) is 6.04 Å². The molecule has 0 saturated heterocycles. The SMILES string of the molecule is COC(=O)c1ccc(C2c3c(oc4ccccc4c3=O)C(=O)N2c2ccc(F)cc2)cc1. The molecule has 1 aliphatic rings. The highest BCUT2D eigenvalue weighted by atomic mass is 19.1. The largest absolute Gasteiger partial charge is 0.465 e. The van der Waals surface area contributed by atoms with Crippen LogP contribution in [0.2, 0.25) is 0 Å². The van der Waals surface area contributed by atoms with Crippen LogP contribution < -0.4 is 10.3 Å². The molecular weight excluding hydrogens is 413 g/mol. The summed E-state index contributed by atoms with van der Waals surface area (Å²) in [4.78, 5) is 40.1. The lowest BCUT2D eigenvalue weighted by Crippen LogP contribution is -2.29. The number of methoxy groups -OCH3 is 1. The molecule has 5 rings (SSSR count). The molecule has 4 aromatic rings. The maximum Gasteiger partial charge on any atom is 0.337 e. The molecule has 1 aromatic heterocycles. The molecule has 3 aromatic carbocycles. The summed E-state index contributed by atoms with van der Waals surface area (Å²) in [7, 11) is 1.29. The van der Waals surface area contributed by atoms with Gasteiger partial charge in [-0.3, -0.25) is 14.5 Å². The Labute approximate surface area is 181 Å². The number of hydrogen-bond acceptors (Lipinski definition) is 5. The summed E-state index contributed by atoms with van der Waals surface area (Å²) >= 11 is 0. The molecule has 32 heavy (non-hydrogen) atoms. The van der Waals surface area contributed by atoms with Crippen LogP contribution >= 0.6 is 0 Å². The van der Waals surface area contributed by atoms with Crippen molar-refractivity contribution in [3.63, 3.8) is 0 Å². The van der Waals surface area contributed by atoms with Crippen LogP contribution in [0.25, 0.3) is 11.0 Å². The third-order valence-electron chi connectivity index (χ3n) is 5.53. The van der Waals surface area contributed by atoms with Gasteiger partial charge >= 0.3 is 5.97 Å². The molecule has 0 radical (unpaired) electrons. The van der Waals surface area contributed by atoms with Gasteiger partial charge in [0.1, 0.15) is 11.4 Å². The second-order valence-electron chi connectivity index (χ2n) is 7.34. The lowest BCUT2D eigenvalue weighted by atomic mass is 9.97. The van der Waals surface area contributed by atoms with E-state index in [1.54, 1.807) is 48.5 Å². The van der Waals surface area contributed by atoms with Crippen LogP contribution in [0.1, 0.15) is 38.1 Å². The van der Waals surface area contributed by atoms with Gasteiger partial charge in [-0.2, -0.15) is 0 Å². The van der Waals surface area contributed by atoms with E-state index in [0.29, 0.717) is 27.8 Å². The van der Waals surface area contributed by atoms with E-state index in [9.17, 15) is 18.8 Å². The Hall–Kier alpha value is -4.26. The van der Waals surface area contributed by atoms with E-state index in [-0.39, 0.29) is 16.8 Å². The molecule has 0 spiro atoms. The van der Waals surface area contributed by atoms with Gasteiger partial charge in [0.05, 0.1) is 29.7 Å². The Morgan fingerprint density at radius 2 is 1.66 bits per heavy atom. The molecule has 0 N–H and O–H groups in total. The third kappa shape index (κ3) is 2.98. The van der Waals surface area contributed by atoms with Crippen LogP contribution in [-0.2, 0) is 4.74 Å². The summed E-state index contributed by atoms with van der Waals surface area (Å²) in [5, 5.41) is 0.358. The number of amides is 1. The number of halogens is 1. The predicted octanol–water partition coefficient (Wildman–Crippen LogP) is 4.47. The van der Waals surface area contributed by atoms with Gasteiger partial charge in [0, 0.05) is 5.69 Å². The molecule has 6 nitrogen and oxygen atoms in total. The van der Waals surface area contributed by atoms with Crippen LogP contribution in [0, 0.1) is 5.82 Å². The van der Waals surface area contributed by atoms with Crippen molar-refractivity contribution in [2.75, 3.05) is 12.0 Å². The standard InChI is InChI=1S/C25H16FNO5/c1-31-25(30)15-8-6-14(7-9-15)21-20-22(28)18-4-2-3-5-19(18)32-23(20)24(29)27(21)17-12-10-16(26)11-13-17/h2-13,21H,1H3. The Balaban J connectivity index is 1.75. The van der Waals surface area contributed by atoms with Gasteiger partial charge in [0.2, 0.25) is 5.76 Å². The van der Waals surface area contributed by atoms with Crippen LogP contribution in [0.3, 0.4) is 0 Å². The normalized spacial score (nSPS) is 15.1. The van der Waals surface area contributed by atoms with Gasteiger partial charge < -0.3 is 9.15 Å². The van der Waals surface area contributed by atoms with Crippen molar-refractivity contribution in [2.24, 2.45) is 0 Å². The van der Waals surface area contributed by atoms with Crippen molar-refractivity contribution in [3.8, 4) is 0 Å². The number of rotatable bonds is 3. The predicted molar refractivity (Wildman–Crippen MR) is 115 cm³/mol. The fourth-order valence-electron chi connectivity index (χ4n) is 4.02. The number of carbonyl (C=O) groups excluding carboxylic acids is 2. The van der Waals surface area contributed by atoms with E-state index in [2.05, 4.69) is 0 Å². The van der Waals surface area contributed by atoms with Gasteiger partial charge in [-0.25, -0.2) is 9.18 Å². The number of benzene rings is 3. The van der Waals surface area contributed by atoms with Gasteiger partial charge in [-0.1, -0.05) is 24.3 Å². The smallest absolute Gasteiger partial charge is 0.337 e. The number of hydrogen-bond donors (Lipinski definition) is 0. The Bertz CT molecular complexity index is 1420. The lowest BCUT2D eigenvalue weighted by Gasteiger charge is -2.25. The second-order valence-corrected chi connectivity index (χ2v) is 7.34. The summed E-state index contributed by atoms with van der Waals surface area (Å²) in [6.07, 6.45) is 0. The molecular formula is C25H16FNO5. The number of ether oxygens (including phenoxy) is 1. The van der Waals surface area contributed by atoms with Crippen molar-refractivity contribution in [1.29, 1.82) is 0 Å². The van der Waals surface area contributed by atoms with E-state index in [4.69, 9.17) is 9.15 Å². The molecule has 0 fully saturated rings. The fourth-order valence-corrected chi connectivity index (χ4v) is 4.02. The zero-order valence-corrected chi connectivity index (χ0v) is 16.9. The Morgan fingerprint density at radius 3 is 2.34 bits per heavy atom. The molecule has 1 unspecified atom stereocenters. The zero-order chi connectivity index (χ0) is 22.4. The lowest BCUT2D eigenvalue weighted by molar-refractivity contribution is 0.0600. The van der Waals surface area contributed by atoms with E-state index < -0.39 is 23.7 Å². The van der Waals surface area contributed by atoms with E-state index in [0.717, 1.165) is 0 Å². The minimum Gasteiger partial charge on any atom is -0.465 e. The van der Waals surface area contributed by atoms with Crippen LogP contribution in [0.15, 0.2) is 82.0 Å². The molecule has 0 saturated carbocycles. The van der Waals surface area contributed by atoms with Crippen LogP contribution in [0.4, 0.5) is 10.1 Å². The summed E-state index contributed by atoms with van der Waals surface area (Å²) < 4.78 is 24.1. The quantitative estimate of drug-likeness (QED) is 0.449. The topological polar surface area (TPSA) is 76.8 Å². The van der Waals surface area contributed by atoms with Gasteiger partial charge in [-0.15, -0.1) is 0 Å². The first kappa shape index (κ1) is 19.7. The maximum atomic E-state index is 13.5. The summed E-state index contributed by atoms with van der Waals surface area (Å²) in [6, 6.07) is 17.8. The van der Waals surface area contributed by atoms with Gasteiger partial charge in [0.25, 0.3) is 5.91 Å². The molecule has 1 aliphatic heterocycles. The number of esters is 1. The van der Waals surface area contributed by atoms with Gasteiger partial charge in [-0.05, 0) is 54.1 Å². The molecule has 0 bridgehead atoms. The Kier molecular flexibility index (Phi) is 4.59. The number of nitrogens with zero attached hydrogens (tertiary/aromatic N) is 1. The van der Waals surface area contributed by atoms with Crippen molar-refractivity contribution in [1.82, 2.24) is 0 Å². The number of carbonyl (C=O) groups is 2. The average Bonchev–Trinajstić information content (AvgIpc) is 3.12. The second kappa shape index (κ2) is 7.46. The van der Waals surface area contributed by atoms with Crippen molar-refractivity contribution < 1.29 is 23.1 Å². The van der Waals surface area contributed by atoms with E-state index in [1.807, 2.05) is 0 Å². The van der Waals surface area contributed by atoms with Crippen LogP contribution in [0.5, 0.6) is 0 Å². The fraction of sp³-hybridized carbons (Fsp3) is 0.0800. The highest BCUT2D eigenvalue weighted by Crippen LogP contribution is 2.41. The van der Waals surface area contributed by atoms with E-state index in [1.165, 1.54) is 36.3 Å². The highest BCUT2D eigenvalue weighted by Gasteiger charge is 2.43.